The maximum Gasteiger partial charge on any atom is 0.159 e. The minimum absolute atomic E-state index is 0.156. The summed E-state index contributed by atoms with van der Waals surface area (Å²) in [6.07, 6.45) is 4.35. The third-order valence-corrected chi connectivity index (χ3v) is 6.12. The molecule has 2 atom stereocenters. The van der Waals surface area contributed by atoms with E-state index in [0.717, 1.165) is 42.6 Å². The van der Waals surface area contributed by atoms with Crippen molar-refractivity contribution in [1.82, 2.24) is 4.90 Å². The molecule has 0 amide bonds. The average molecular weight is 347 g/mol. The lowest BCUT2D eigenvalue weighted by atomic mass is 9.58. The molecule has 0 bridgehead atoms. The highest BCUT2D eigenvalue weighted by atomic mass is 16.3. The van der Waals surface area contributed by atoms with Crippen LogP contribution in [0, 0.1) is 5.92 Å². The summed E-state index contributed by atoms with van der Waals surface area (Å²) >= 11 is 0. The second-order valence-electron chi connectivity index (χ2n) is 7.80. The van der Waals surface area contributed by atoms with Crippen molar-refractivity contribution in [2.75, 3.05) is 20.1 Å². The SMILES string of the molecule is CN1CCC2(c3cccc(O)c3)CC(=O)C(=Cc3ccccc3)CC2C1. The van der Waals surface area contributed by atoms with Gasteiger partial charge in [0.15, 0.2) is 5.78 Å². The number of nitrogens with zero attached hydrogens (tertiary/aromatic N) is 1. The van der Waals surface area contributed by atoms with E-state index >= 15 is 0 Å². The Kier molecular flexibility index (Phi) is 4.41. The molecule has 3 nitrogen and oxygen atoms in total. The monoisotopic (exact) mass is 347 g/mol. The molecule has 26 heavy (non-hydrogen) atoms. The molecule has 1 saturated carbocycles. The van der Waals surface area contributed by atoms with E-state index in [1.165, 1.54) is 0 Å². The lowest BCUT2D eigenvalue weighted by Crippen LogP contribution is -2.52. The van der Waals surface area contributed by atoms with Crippen molar-refractivity contribution in [2.24, 2.45) is 5.92 Å². The van der Waals surface area contributed by atoms with E-state index in [0.29, 0.717) is 12.3 Å². The van der Waals surface area contributed by atoms with E-state index in [1.54, 1.807) is 6.07 Å². The summed E-state index contributed by atoms with van der Waals surface area (Å²) in [4.78, 5) is 15.4. The number of piperidine rings is 1. The molecule has 0 spiro atoms. The Morgan fingerprint density at radius 1 is 1.15 bits per heavy atom. The molecule has 0 aromatic heterocycles. The zero-order valence-corrected chi connectivity index (χ0v) is 15.2. The topological polar surface area (TPSA) is 40.5 Å². The van der Waals surface area contributed by atoms with Crippen LogP contribution in [0.4, 0.5) is 0 Å². The number of rotatable bonds is 2. The molecule has 0 radical (unpaired) electrons. The van der Waals surface area contributed by atoms with Gasteiger partial charge >= 0.3 is 0 Å². The predicted molar refractivity (Wildman–Crippen MR) is 104 cm³/mol. The first-order valence-electron chi connectivity index (χ1n) is 9.34. The lowest BCUT2D eigenvalue weighted by molar-refractivity contribution is -0.120. The summed E-state index contributed by atoms with van der Waals surface area (Å²) in [5.41, 5.74) is 2.98. The Hall–Kier alpha value is -2.39. The van der Waals surface area contributed by atoms with Gasteiger partial charge in [0.1, 0.15) is 5.75 Å². The summed E-state index contributed by atoms with van der Waals surface area (Å²) in [5.74, 6) is 0.918. The highest BCUT2D eigenvalue weighted by Crippen LogP contribution is 2.49. The van der Waals surface area contributed by atoms with E-state index in [2.05, 4.69) is 24.1 Å². The smallest absolute Gasteiger partial charge is 0.159 e. The first-order chi connectivity index (χ1) is 12.6. The molecule has 2 aliphatic rings. The van der Waals surface area contributed by atoms with Gasteiger partial charge in [0.25, 0.3) is 0 Å². The number of phenols is 1. The van der Waals surface area contributed by atoms with Gasteiger partial charge in [0, 0.05) is 18.4 Å². The van der Waals surface area contributed by atoms with Crippen molar-refractivity contribution >= 4 is 11.9 Å². The van der Waals surface area contributed by atoms with Gasteiger partial charge in [-0.3, -0.25) is 4.79 Å². The first-order valence-corrected chi connectivity index (χ1v) is 9.34. The number of ketones is 1. The van der Waals surface area contributed by atoms with E-state index in [9.17, 15) is 9.90 Å². The van der Waals surface area contributed by atoms with Gasteiger partial charge in [0.2, 0.25) is 0 Å². The van der Waals surface area contributed by atoms with Crippen molar-refractivity contribution in [3.8, 4) is 5.75 Å². The highest BCUT2D eigenvalue weighted by molar-refractivity contribution is 6.01. The minimum Gasteiger partial charge on any atom is -0.508 e. The molecule has 2 unspecified atom stereocenters. The summed E-state index contributed by atoms with van der Waals surface area (Å²) < 4.78 is 0. The van der Waals surface area contributed by atoms with Crippen LogP contribution in [0.1, 0.15) is 30.4 Å². The Morgan fingerprint density at radius 2 is 1.96 bits per heavy atom. The summed E-state index contributed by atoms with van der Waals surface area (Å²) in [6, 6.07) is 17.6. The van der Waals surface area contributed by atoms with Gasteiger partial charge < -0.3 is 10.0 Å². The largest absolute Gasteiger partial charge is 0.508 e. The fourth-order valence-corrected chi connectivity index (χ4v) is 4.70. The number of benzene rings is 2. The van der Waals surface area contributed by atoms with Crippen molar-refractivity contribution in [3.05, 3.63) is 71.3 Å². The zero-order chi connectivity index (χ0) is 18.1. The molecule has 3 heteroatoms. The van der Waals surface area contributed by atoms with E-state index in [1.807, 2.05) is 42.5 Å². The number of hydrogen-bond donors (Lipinski definition) is 1. The molecule has 1 aliphatic heterocycles. The Balaban J connectivity index is 1.72. The maximum absolute atomic E-state index is 13.1. The molecular formula is C23H25NO2. The fraction of sp³-hybridized carbons (Fsp3) is 0.348. The molecule has 2 aromatic rings. The van der Waals surface area contributed by atoms with Crippen molar-refractivity contribution in [3.63, 3.8) is 0 Å². The van der Waals surface area contributed by atoms with E-state index < -0.39 is 0 Å². The third-order valence-electron chi connectivity index (χ3n) is 6.12. The van der Waals surface area contributed by atoms with Crippen LogP contribution in [0.5, 0.6) is 5.75 Å². The first kappa shape index (κ1) is 17.0. The minimum atomic E-state index is -0.156. The molecule has 1 N–H and O–H groups in total. The van der Waals surface area contributed by atoms with Gasteiger partial charge in [-0.1, -0.05) is 42.5 Å². The third kappa shape index (κ3) is 3.08. The normalized spacial score (nSPS) is 28.1. The Labute approximate surface area is 155 Å². The van der Waals surface area contributed by atoms with Crippen molar-refractivity contribution in [1.29, 1.82) is 0 Å². The summed E-state index contributed by atoms with van der Waals surface area (Å²) in [7, 11) is 2.16. The summed E-state index contributed by atoms with van der Waals surface area (Å²) in [6.45, 7) is 1.96. The van der Waals surface area contributed by atoms with Crippen LogP contribution in [0.3, 0.4) is 0 Å². The maximum atomic E-state index is 13.1. The zero-order valence-electron chi connectivity index (χ0n) is 15.2. The highest BCUT2D eigenvalue weighted by Gasteiger charge is 2.48. The molecule has 1 aliphatic carbocycles. The van der Waals surface area contributed by atoms with Crippen LogP contribution >= 0.6 is 0 Å². The lowest BCUT2D eigenvalue weighted by Gasteiger charge is -2.50. The van der Waals surface area contributed by atoms with Gasteiger partial charge in [0.05, 0.1) is 0 Å². The molecular weight excluding hydrogens is 322 g/mol. The van der Waals surface area contributed by atoms with Gasteiger partial charge in [-0.15, -0.1) is 0 Å². The number of fused-ring (bicyclic) bond motifs is 1. The number of carbonyl (C=O) groups excluding carboxylic acids is 1. The number of hydrogen-bond acceptors (Lipinski definition) is 3. The van der Waals surface area contributed by atoms with Crippen LogP contribution in [0.2, 0.25) is 0 Å². The predicted octanol–water partition coefficient (Wildman–Crippen LogP) is 4.03. The Bertz CT molecular complexity index is 842. The average Bonchev–Trinajstić information content (AvgIpc) is 2.64. The Morgan fingerprint density at radius 3 is 2.73 bits per heavy atom. The van der Waals surface area contributed by atoms with Crippen LogP contribution < -0.4 is 0 Å². The number of carbonyl (C=O) groups is 1. The molecule has 4 rings (SSSR count). The van der Waals surface area contributed by atoms with Gasteiger partial charge in [-0.05, 0) is 67.3 Å². The van der Waals surface area contributed by atoms with Crippen LogP contribution in [-0.4, -0.2) is 35.9 Å². The van der Waals surface area contributed by atoms with Gasteiger partial charge in [-0.25, -0.2) is 0 Å². The molecule has 2 fully saturated rings. The second-order valence-corrected chi connectivity index (χ2v) is 7.80. The molecule has 2 aromatic carbocycles. The molecule has 1 saturated heterocycles. The molecule has 134 valence electrons. The van der Waals surface area contributed by atoms with E-state index in [-0.39, 0.29) is 16.9 Å². The number of likely N-dealkylation sites (tertiary alicyclic amines) is 1. The van der Waals surface area contributed by atoms with Crippen molar-refractivity contribution in [2.45, 2.75) is 24.7 Å². The number of phenolic OH excluding ortho intramolecular Hbond substituents is 1. The summed E-state index contributed by atoms with van der Waals surface area (Å²) in [5, 5.41) is 9.99. The quantitative estimate of drug-likeness (QED) is 0.834. The molecule has 1 heterocycles. The van der Waals surface area contributed by atoms with Crippen molar-refractivity contribution < 1.29 is 9.90 Å². The number of Topliss-reactive ketones (excluding diaryl/α,β-unsaturated/α-hetero) is 1. The fourth-order valence-electron chi connectivity index (χ4n) is 4.70. The second kappa shape index (κ2) is 6.73. The number of allylic oxidation sites excluding steroid dienone is 1. The van der Waals surface area contributed by atoms with Crippen LogP contribution in [-0.2, 0) is 10.2 Å². The van der Waals surface area contributed by atoms with E-state index in [4.69, 9.17) is 0 Å². The standard InChI is InChI=1S/C23H25NO2/c1-24-11-10-23(19-8-5-9-21(25)14-19)15-22(26)18(13-20(23)16-24)12-17-6-3-2-4-7-17/h2-9,12,14,20,25H,10-11,13,15-16H2,1H3. The van der Waals surface area contributed by atoms with Crippen LogP contribution in [0.15, 0.2) is 60.2 Å². The number of aromatic hydroxyl groups is 1. The van der Waals surface area contributed by atoms with Gasteiger partial charge in [-0.2, -0.15) is 0 Å². The van der Waals surface area contributed by atoms with Crippen LogP contribution in [0.25, 0.3) is 6.08 Å².